The second kappa shape index (κ2) is 6.96. The Morgan fingerprint density at radius 2 is 2.18 bits per heavy atom. The van der Waals surface area contributed by atoms with Crippen LogP contribution in [0.25, 0.3) is 0 Å². The van der Waals surface area contributed by atoms with E-state index in [0.29, 0.717) is 19.1 Å². The number of urea groups is 1. The van der Waals surface area contributed by atoms with E-state index in [1.165, 1.54) is 6.42 Å². The fourth-order valence-electron chi connectivity index (χ4n) is 3.09. The maximum Gasteiger partial charge on any atom is 0.321 e. The van der Waals surface area contributed by atoms with Gasteiger partial charge in [-0.2, -0.15) is 0 Å². The lowest BCUT2D eigenvalue weighted by atomic mass is 10.0. The second-order valence-corrected chi connectivity index (χ2v) is 6.10. The number of carbonyl (C=O) groups excluding carboxylic acids is 1. The summed E-state index contributed by atoms with van der Waals surface area (Å²) >= 11 is 0. The molecule has 0 bridgehead atoms. The van der Waals surface area contributed by atoms with Crippen molar-refractivity contribution < 1.29 is 9.53 Å². The van der Waals surface area contributed by atoms with E-state index in [1.807, 2.05) is 17.0 Å². The first-order valence-corrected chi connectivity index (χ1v) is 8.07. The molecule has 0 radical (unpaired) electrons. The van der Waals surface area contributed by atoms with Crippen LogP contribution in [-0.2, 0) is 4.74 Å². The number of nitrogens with zero attached hydrogens (tertiary/aromatic N) is 3. The molecule has 2 aliphatic rings. The maximum atomic E-state index is 12.5. The molecule has 1 N–H and O–H groups in total. The summed E-state index contributed by atoms with van der Waals surface area (Å²) in [5.41, 5.74) is 0.785. The number of carbonyl (C=O) groups is 1. The Balaban J connectivity index is 1.70. The van der Waals surface area contributed by atoms with Gasteiger partial charge < -0.3 is 19.9 Å². The van der Waals surface area contributed by atoms with Gasteiger partial charge in [0.15, 0.2) is 5.82 Å². The Morgan fingerprint density at radius 3 is 2.95 bits per heavy atom. The molecule has 0 aliphatic carbocycles. The zero-order valence-electron chi connectivity index (χ0n) is 13.1. The van der Waals surface area contributed by atoms with Gasteiger partial charge in [0, 0.05) is 32.4 Å². The van der Waals surface area contributed by atoms with Crippen LogP contribution < -0.4 is 10.2 Å². The van der Waals surface area contributed by atoms with Crippen LogP contribution in [0.2, 0.25) is 0 Å². The number of hydrogen-bond acceptors (Lipinski definition) is 4. The molecular formula is C16H24N4O2. The lowest BCUT2D eigenvalue weighted by Crippen LogP contribution is -2.42. The van der Waals surface area contributed by atoms with Crippen LogP contribution in [0.5, 0.6) is 0 Å². The second-order valence-electron chi connectivity index (χ2n) is 6.10. The lowest BCUT2D eigenvalue weighted by molar-refractivity contribution is 0.122. The predicted molar refractivity (Wildman–Crippen MR) is 86.3 cm³/mol. The molecule has 6 nitrogen and oxygen atoms in total. The normalized spacial score (nSPS) is 22.5. The predicted octanol–water partition coefficient (Wildman–Crippen LogP) is 2.18. The molecule has 0 aromatic carbocycles. The van der Waals surface area contributed by atoms with E-state index in [0.717, 1.165) is 44.1 Å². The summed E-state index contributed by atoms with van der Waals surface area (Å²) in [5, 5.41) is 3.04. The van der Waals surface area contributed by atoms with Gasteiger partial charge in [-0.15, -0.1) is 0 Å². The third-order valence-corrected chi connectivity index (χ3v) is 4.28. The van der Waals surface area contributed by atoms with Gasteiger partial charge in [0.05, 0.1) is 18.9 Å². The van der Waals surface area contributed by atoms with E-state index in [1.54, 1.807) is 6.20 Å². The molecule has 2 fully saturated rings. The van der Waals surface area contributed by atoms with Crippen LogP contribution >= 0.6 is 0 Å². The zero-order valence-corrected chi connectivity index (χ0v) is 13.1. The molecule has 22 heavy (non-hydrogen) atoms. The van der Waals surface area contributed by atoms with E-state index >= 15 is 0 Å². The SMILES string of the molecule is C[C@H]1CCCN(C(=O)Nc2cccnc2N2CCOCC2)C1. The highest BCUT2D eigenvalue weighted by molar-refractivity contribution is 5.92. The van der Waals surface area contributed by atoms with Gasteiger partial charge in [0.2, 0.25) is 0 Å². The van der Waals surface area contributed by atoms with E-state index in [4.69, 9.17) is 4.74 Å². The summed E-state index contributed by atoms with van der Waals surface area (Å²) in [6.45, 7) is 6.88. The molecule has 2 saturated heterocycles. The number of likely N-dealkylation sites (tertiary alicyclic amines) is 1. The molecule has 120 valence electrons. The Kier molecular flexibility index (Phi) is 4.77. The molecule has 1 atom stereocenters. The number of aromatic nitrogens is 1. The quantitative estimate of drug-likeness (QED) is 0.910. The molecular weight excluding hydrogens is 280 g/mol. The molecule has 0 unspecified atom stereocenters. The van der Waals surface area contributed by atoms with E-state index in [-0.39, 0.29) is 6.03 Å². The summed E-state index contributed by atoms with van der Waals surface area (Å²) < 4.78 is 5.38. The smallest absolute Gasteiger partial charge is 0.321 e. The number of ether oxygens (including phenoxy) is 1. The molecule has 0 saturated carbocycles. The molecule has 0 spiro atoms. The van der Waals surface area contributed by atoms with E-state index in [9.17, 15) is 4.79 Å². The largest absolute Gasteiger partial charge is 0.378 e. The molecule has 1 aromatic heterocycles. The van der Waals surface area contributed by atoms with Crippen molar-refractivity contribution in [3.05, 3.63) is 18.3 Å². The fraction of sp³-hybridized carbons (Fsp3) is 0.625. The first-order valence-electron chi connectivity index (χ1n) is 8.07. The minimum absolute atomic E-state index is 0.0194. The fourth-order valence-corrected chi connectivity index (χ4v) is 3.09. The maximum absolute atomic E-state index is 12.5. The van der Waals surface area contributed by atoms with E-state index < -0.39 is 0 Å². The number of amides is 2. The van der Waals surface area contributed by atoms with Crippen LogP contribution in [0.1, 0.15) is 19.8 Å². The van der Waals surface area contributed by atoms with Gasteiger partial charge in [-0.05, 0) is 30.9 Å². The molecule has 3 heterocycles. The number of anilines is 2. The minimum Gasteiger partial charge on any atom is -0.378 e. The van der Waals surface area contributed by atoms with Crippen LogP contribution in [0.3, 0.4) is 0 Å². The monoisotopic (exact) mass is 304 g/mol. The topological polar surface area (TPSA) is 57.7 Å². The van der Waals surface area contributed by atoms with Crippen molar-refractivity contribution in [1.29, 1.82) is 0 Å². The average Bonchev–Trinajstić information content (AvgIpc) is 2.56. The minimum atomic E-state index is -0.0194. The van der Waals surface area contributed by atoms with Gasteiger partial charge >= 0.3 is 6.03 Å². The highest BCUT2D eigenvalue weighted by Gasteiger charge is 2.23. The molecule has 3 rings (SSSR count). The highest BCUT2D eigenvalue weighted by Crippen LogP contribution is 2.24. The summed E-state index contributed by atoms with van der Waals surface area (Å²) in [7, 11) is 0. The number of rotatable bonds is 2. The summed E-state index contributed by atoms with van der Waals surface area (Å²) in [5.74, 6) is 1.41. The summed E-state index contributed by atoms with van der Waals surface area (Å²) in [6, 6.07) is 3.76. The van der Waals surface area contributed by atoms with Gasteiger partial charge in [-0.25, -0.2) is 9.78 Å². The zero-order chi connectivity index (χ0) is 15.4. The van der Waals surface area contributed by atoms with Gasteiger partial charge in [0.25, 0.3) is 0 Å². The van der Waals surface area contributed by atoms with Crippen molar-refractivity contribution in [2.24, 2.45) is 5.92 Å². The van der Waals surface area contributed by atoms with Crippen LogP contribution in [-0.4, -0.2) is 55.3 Å². The Labute approximate surface area is 131 Å². The van der Waals surface area contributed by atoms with Crippen molar-refractivity contribution in [3.63, 3.8) is 0 Å². The first-order chi connectivity index (χ1) is 10.7. The number of pyridine rings is 1. The van der Waals surface area contributed by atoms with Crippen molar-refractivity contribution in [2.45, 2.75) is 19.8 Å². The van der Waals surface area contributed by atoms with Crippen molar-refractivity contribution in [3.8, 4) is 0 Å². The summed E-state index contributed by atoms with van der Waals surface area (Å²) in [4.78, 5) is 21.0. The number of nitrogens with one attached hydrogen (secondary N) is 1. The van der Waals surface area contributed by atoms with Crippen LogP contribution in [0.4, 0.5) is 16.3 Å². The highest BCUT2D eigenvalue weighted by atomic mass is 16.5. The molecule has 1 aromatic rings. The molecule has 2 amide bonds. The van der Waals surface area contributed by atoms with Gasteiger partial charge in [-0.1, -0.05) is 6.92 Å². The molecule has 2 aliphatic heterocycles. The third-order valence-electron chi connectivity index (χ3n) is 4.28. The average molecular weight is 304 g/mol. The van der Waals surface area contributed by atoms with Crippen LogP contribution in [0, 0.1) is 5.92 Å². The standard InChI is InChI=1S/C16H24N4O2/c1-13-4-3-7-20(12-13)16(21)18-14-5-2-6-17-15(14)19-8-10-22-11-9-19/h2,5-6,13H,3-4,7-12H2,1H3,(H,18,21)/t13-/m0/s1. The Morgan fingerprint density at radius 1 is 1.36 bits per heavy atom. The number of morpholine rings is 1. The summed E-state index contributed by atoms with van der Waals surface area (Å²) in [6.07, 6.45) is 4.05. The Bertz CT molecular complexity index is 517. The Hall–Kier alpha value is -1.82. The molecule has 6 heteroatoms. The third kappa shape index (κ3) is 3.50. The van der Waals surface area contributed by atoms with Gasteiger partial charge in [-0.3, -0.25) is 0 Å². The number of piperidine rings is 1. The van der Waals surface area contributed by atoms with E-state index in [2.05, 4.69) is 22.1 Å². The van der Waals surface area contributed by atoms with Gasteiger partial charge in [0.1, 0.15) is 0 Å². The van der Waals surface area contributed by atoms with Crippen LogP contribution in [0.15, 0.2) is 18.3 Å². The first kappa shape index (κ1) is 15.1. The lowest BCUT2D eigenvalue weighted by Gasteiger charge is -2.32. The van der Waals surface area contributed by atoms with Crippen molar-refractivity contribution in [2.75, 3.05) is 49.6 Å². The van der Waals surface area contributed by atoms with Crippen molar-refractivity contribution >= 4 is 17.5 Å². The number of hydrogen-bond donors (Lipinski definition) is 1. The van der Waals surface area contributed by atoms with Crippen molar-refractivity contribution in [1.82, 2.24) is 9.88 Å².